The molecule has 4 heteroatoms. The molecule has 0 aliphatic heterocycles. The first kappa shape index (κ1) is 16.5. The minimum Gasteiger partial charge on any atom is -0.496 e. The monoisotopic (exact) mass is 278 g/mol. The second-order valence-electron chi connectivity index (χ2n) is 5.39. The molecule has 0 aromatic heterocycles. The molecule has 0 fully saturated rings. The van der Waals surface area contributed by atoms with E-state index >= 15 is 0 Å². The SMILES string of the molecule is COc1ccc(C)cc1C(C)NCCC(=O)NC(C)C. The minimum absolute atomic E-state index is 0.0795. The van der Waals surface area contributed by atoms with E-state index in [2.05, 4.69) is 30.5 Å². The molecule has 0 spiro atoms. The van der Waals surface area contributed by atoms with Crippen molar-refractivity contribution in [1.82, 2.24) is 10.6 Å². The summed E-state index contributed by atoms with van der Waals surface area (Å²) in [7, 11) is 1.68. The topological polar surface area (TPSA) is 50.4 Å². The number of methoxy groups -OCH3 is 1. The van der Waals surface area contributed by atoms with Crippen LogP contribution in [0.3, 0.4) is 0 Å². The molecule has 1 aromatic rings. The molecule has 4 nitrogen and oxygen atoms in total. The highest BCUT2D eigenvalue weighted by Gasteiger charge is 2.12. The molecule has 0 saturated carbocycles. The Morgan fingerprint density at radius 1 is 1.30 bits per heavy atom. The van der Waals surface area contributed by atoms with E-state index in [4.69, 9.17) is 4.74 Å². The van der Waals surface area contributed by atoms with Crippen LogP contribution in [0.1, 0.15) is 44.4 Å². The van der Waals surface area contributed by atoms with E-state index in [0.717, 1.165) is 11.3 Å². The van der Waals surface area contributed by atoms with Gasteiger partial charge in [-0.1, -0.05) is 17.7 Å². The zero-order valence-corrected chi connectivity index (χ0v) is 13.1. The number of hydrogen-bond acceptors (Lipinski definition) is 3. The van der Waals surface area contributed by atoms with Gasteiger partial charge in [0.25, 0.3) is 0 Å². The number of hydrogen-bond donors (Lipinski definition) is 2. The highest BCUT2D eigenvalue weighted by atomic mass is 16.5. The number of carbonyl (C=O) groups excluding carboxylic acids is 1. The van der Waals surface area contributed by atoms with Crippen LogP contribution in [0, 0.1) is 6.92 Å². The molecule has 0 saturated heterocycles. The van der Waals surface area contributed by atoms with Crippen LogP contribution in [-0.4, -0.2) is 25.6 Å². The molecule has 0 aliphatic rings. The summed E-state index contributed by atoms with van der Waals surface area (Å²) in [6.45, 7) is 8.72. The maximum absolute atomic E-state index is 11.6. The van der Waals surface area contributed by atoms with Crippen LogP contribution in [-0.2, 0) is 4.79 Å². The summed E-state index contributed by atoms with van der Waals surface area (Å²) in [6.07, 6.45) is 0.483. The van der Waals surface area contributed by atoms with Gasteiger partial charge in [-0.15, -0.1) is 0 Å². The Morgan fingerprint density at radius 2 is 2.00 bits per heavy atom. The first-order valence-electron chi connectivity index (χ1n) is 7.11. The number of carbonyl (C=O) groups is 1. The quantitative estimate of drug-likeness (QED) is 0.806. The Labute approximate surface area is 121 Å². The first-order chi connectivity index (χ1) is 9.43. The molecule has 1 amide bonds. The fourth-order valence-electron chi connectivity index (χ4n) is 2.10. The lowest BCUT2D eigenvalue weighted by atomic mass is 10.0. The van der Waals surface area contributed by atoms with Crippen molar-refractivity contribution in [3.8, 4) is 5.75 Å². The van der Waals surface area contributed by atoms with E-state index in [9.17, 15) is 4.79 Å². The standard InChI is InChI=1S/C16H26N2O2/c1-11(2)18-16(19)8-9-17-13(4)14-10-12(3)6-7-15(14)20-5/h6-7,10-11,13,17H,8-9H2,1-5H3,(H,18,19). The lowest BCUT2D eigenvalue weighted by Gasteiger charge is -2.18. The normalized spacial score (nSPS) is 12.3. The number of benzene rings is 1. The van der Waals surface area contributed by atoms with Gasteiger partial charge in [0.2, 0.25) is 5.91 Å². The Balaban J connectivity index is 2.52. The average molecular weight is 278 g/mol. The van der Waals surface area contributed by atoms with Gasteiger partial charge in [0.05, 0.1) is 7.11 Å². The summed E-state index contributed by atoms with van der Waals surface area (Å²) in [5.74, 6) is 0.957. The highest BCUT2D eigenvalue weighted by molar-refractivity contribution is 5.76. The summed E-state index contributed by atoms with van der Waals surface area (Å²) in [4.78, 5) is 11.6. The maximum Gasteiger partial charge on any atom is 0.221 e. The van der Waals surface area contributed by atoms with Gasteiger partial charge in [-0.25, -0.2) is 0 Å². The fourth-order valence-corrected chi connectivity index (χ4v) is 2.10. The maximum atomic E-state index is 11.6. The van der Waals surface area contributed by atoms with Crippen molar-refractivity contribution in [2.45, 2.75) is 46.2 Å². The molecule has 0 radical (unpaired) electrons. The van der Waals surface area contributed by atoms with Crippen LogP contribution < -0.4 is 15.4 Å². The molecule has 2 N–H and O–H groups in total. The zero-order chi connectivity index (χ0) is 15.1. The van der Waals surface area contributed by atoms with Crippen LogP contribution in [0.15, 0.2) is 18.2 Å². The molecule has 0 bridgehead atoms. The third-order valence-corrected chi connectivity index (χ3v) is 3.10. The van der Waals surface area contributed by atoms with E-state index in [1.807, 2.05) is 26.0 Å². The van der Waals surface area contributed by atoms with E-state index in [1.165, 1.54) is 5.56 Å². The Morgan fingerprint density at radius 3 is 2.60 bits per heavy atom. The van der Waals surface area contributed by atoms with Gasteiger partial charge in [-0.05, 0) is 33.8 Å². The number of amides is 1. The van der Waals surface area contributed by atoms with Gasteiger partial charge in [-0.3, -0.25) is 4.79 Å². The molecule has 1 atom stereocenters. The Bertz CT molecular complexity index is 444. The zero-order valence-electron chi connectivity index (χ0n) is 13.1. The van der Waals surface area contributed by atoms with E-state index < -0.39 is 0 Å². The van der Waals surface area contributed by atoms with Crippen LogP contribution in [0.4, 0.5) is 0 Å². The molecule has 0 heterocycles. The van der Waals surface area contributed by atoms with Crippen LogP contribution in [0.25, 0.3) is 0 Å². The van der Waals surface area contributed by atoms with E-state index in [-0.39, 0.29) is 18.0 Å². The van der Waals surface area contributed by atoms with Crippen LogP contribution in [0.5, 0.6) is 5.75 Å². The van der Waals surface area contributed by atoms with Crippen molar-refractivity contribution in [3.05, 3.63) is 29.3 Å². The number of rotatable bonds is 7. The summed E-state index contributed by atoms with van der Waals surface area (Å²) in [6, 6.07) is 6.47. The lowest BCUT2D eigenvalue weighted by molar-refractivity contribution is -0.121. The predicted octanol–water partition coefficient (Wildman–Crippen LogP) is 2.57. The molecule has 1 unspecified atom stereocenters. The Kier molecular flexibility index (Phi) is 6.52. The summed E-state index contributed by atoms with van der Waals surface area (Å²) < 4.78 is 5.38. The van der Waals surface area contributed by atoms with Crippen molar-refractivity contribution < 1.29 is 9.53 Å². The van der Waals surface area contributed by atoms with Crippen LogP contribution in [0.2, 0.25) is 0 Å². The lowest BCUT2D eigenvalue weighted by Crippen LogP contribution is -2.33. The average Bonchev–Trinajstić information content (AvgIpc) is 2.37. The Hall–Kier alpha value is -1.55. The van der Waals surface area contributed by atoms with Gasteiger partial charge in [0.15, 0.2) is 0 Å². The van der Waals surface area contributed by atoms with Gasteiger partial charge in [-0.2, -0.15) is 0 Å². The number of aryl methyl sites for hydroxylation is 1. The van der Waals surface area contributed by atoms with Crippen molar-refractivity contribution in [2.75, 3.05) is 13.7 Å². The van der Waals surface area contributed by atoms with Gasteiger partial charge < -0.3 is 15.4 Å². The predicted molar refractivity (Wildman–Crippen MR) is 82.0 cm³/mol. The van der Waals surface area contributed by atoms with E-state index in [1.54, 1.807) is 7.11 Å². The smallest absolute Gasteiger partial charge is 0.221 e. The highest BCUT2D eigenvalue weighted by Crippen LogP contribution is 2.25. The van der Waals surface area contributed by atoms with Crippen molar-refractivity contribution in [3.63, 3.8) is 0 Å². The van der Waals surface area contributed by atoms with Crippen molar-refractivity contribution in [2.24, 2.45) is 0 Å². The molecular weight excluding hydrogens is 252 g/mol. The third kappa shape index (κ3) is 5.21. The number of ether oxygens (including phenoxy) is 1. The molecule has 1 aromatic carbocycles. The van der Waals surface area contributed by atoms with Crippen molar-refractivity contribution in [1.29, 1.82) is 0 Å². The van der Waals surface area contributed by atoms with E-state index in [0.29, 0.717) is 13.0 Å². The molecule has 0 aliphatic carbocycles. The number of nitrogens with one attached hydrogen (secondary N) is 2. The third-order valence-electron chi connectivity index (χ3n) is 3.10. The van der Waals surface area contributed by atoms with Crippen molar-refractivity contribution >= 4 is 5.91 Å². The molecule has 20 heavy (non-hydrogen) atoms. The largest absolute Gasteiger partial charge is 0.496 e. The molecule has 1 rings (SSSR count). The second-order valence-corrected chi connectivity index (χ2v) is 5.39. The molecular formula is C16H26N2O2. The van der Waals surface area contributed by atoms with Crippen LogP contribution >= 0.6 is 0 Å². The fraction of sp³-hybridized carbons (Fsp3) is 0.562. The summed E-state index contributed by atoms with van der Waals surface area (Å²) in [5, 5.41) is 6.25. The summed E-state index contributed by atoms with van der Waals surface area (Å²) >= 11 is 0. The second kappa shape index (κ2) is 7.90. The first-order valence-corrected chi connectivity index (χ1v) is 7.11. The molecule has 112 valence electrons. The minimum atomic E-state index is 0.0795. The van der Waals surface area contributed by atoms with Gasteiger partial charge >= 0.3 is 0 Å². The van der Waals surface area contributed by atoms with Gasteiger partial charge in [0, 0.05) is 30.6 Å². The summed E-state index contributed by atoms with van der Waals surface area (Å²) in [5.41, 5.74) is 2.32. The van der Waals surface area contributed by atoms with Gasteiger partial charge in [0.1, 0.15) is 5.75 Å².